The van der Waals surface area contributed by atoms with Gasteiger partial charge in [-0.3, -0.25) is 4.79 Å². The average Bonchev–Trinajstić information content (AvgIpc) is 2.52. The normalized spacial score (nSPS) is 11.1. The number of pyridine rings is 1. The summed E-state index contributed by atoms with van der Waals surface area (Å²) >= 11 is 2.12. The number of fused-ring (bicyclic) bond motifs is 1. The van der Waals surface area contributed by atoms with Crippen molar-refractivity contribution in [2.24, 2.45) is 0 Å². The lowest BCUT2D eigenvalue weighted by atomic mass is 10.2. The molecule has 0 aliphatic heterocycles. The van der Waals surface area contributed by atoms with E-state index < -0.39 is 5.82 Å². The first-order chi connectivity index (χ1) is 10.5. The molecule has 1 aromatic heterocycles. The molecular weight excluding hydrogens is 395 g/mol. The first-order valence-electron chi connectivity index (χ1n) is 7.31. The molecule has 0 saturated heterocycles. The molecule has 2 rings (SSSR count). The highest BCUT2D eigenvalue weighted by Crippen LogP contribution is 2.19. The van der Waals surface area contributed by atoms with Gasteiger partial charge >= 0.3 is 0 Å². The molecule has 0 bridgehead atoms. The maximum Gasteiger partial charge on any atom is 0.270 e. The summed E-state index contributed by atoms with van der Waals surface area (Å²) in [6.45, 7) is 7.32. The Labute approximate surface area is 143 Å². The van der Waals surface area contributed by atoms with Crippen LogP contribution in [-0.2, 0) is 0 Å². The van der Waals surface area contributed by atoms with E-state index in [-0.39, 0.29) is 11.6 Å². The van der Waals surface area contributed by atoms with Crippen molar-refractivity contribution < 1.29 is 9.18 Å². The van der Waals surface area contributed by atoms with Crippen molar-refractivity contribution in [1.29, 1.82) is 0 Å². The third-order valence-electron chi connectivity index (χ3n) is 3.56. The van der Waals surface area contributed by atoms with E-state index in [9.17, 15) is 9.18 Å². The monoisotopic (exact) mass is 414 g/mol. The van der Waals surface area contributed by atoms with Crippen molar-refractivity contribution in [2.75, 3.05) is 26.2 Å². The van der Waals surface area contributed by atoms with Crippen LogP contribution < -0.4 is 5.32 Å². The molecule has 0 saturated carbocycles. The van der Waals surface area contributed by atoms with Crippen LogP contribution in [-0.4, -0.2) is 42.0 Å². The van der Waals surface area contributed by atoms with E-state index in [0.29, 0.717) is 17.4 Å². The fourth-order valence-electron chi connectivity index (χ4n) is 2.23. The van der Waals surface area contributed by atoms with Gasteiger partial charge < -0.3 is 10.2 Å². The molecule has 0 fully saturated rings. The van der Waals surface area contributed by atoms with Crippen LogP contribution in [0.25, 0.3) is 10.9 Å². The van der Waals surface area contributed by atoms with E-state index in [2.05, 4.69) is 51.6 Å². The maximum atomic E-state index is 14.1. The fraction of sp³-hybridized carbons (Fsp3) is 0.375. The number of hydrogen-bond donors (Lipinski definition) is 1. The lowest BCUT2D eigenvalue weighted by molar-refractivity contribution is 0.0944. The molecule has 6 heteroatoms. The van der Waals surface area contributed by atoms with Crippen LogP contribution in [0.1, 0.15) is 24.3 Å². The summed E-state index contributed by atoms with van der Waals surface area (Å²) < 4.78 is 15.0. The predicted octanol–water partition coefficient (Wildman–Crippen LogP) is 3.05. The second-order valence-corrected chi connectivity index (χ2v) is 6.18. The number of nitrogens with one attached hydrogen (secondary N) is 1. The molecule has 4 nitrogen and oxygen atoms in total. The van der Waals surface area contributed by atoms with Gasteiger partial charge in [-0.25, -0.2) is 9.37 Å². The molecule has 0 aliphatic carbocycles. The first-order valence-corrected chi connectivity index (χ1v) is 8.39. The van der Waals surface area contributed by atoms with E-state index in [4.69, 9.17) is 0 Å². The highest BCUT2D eigenvalue weighted by molar-refractivity contribution is 14.1. The molecule has 0 unspecified atom stereocenters. The Morgan fingerprint density at radius 1 is 1.32 bits per heavy atom. The Bertz CT molecular complexity index is 674. The Balaban J connectivity index is 2.10. The van der Waals surface area contributed by atoms with Crippen LogP contribution in [0.3, 0.4) is 0 Å². The minimum absolute atomic E-state index is 0.116. The summed E-state index contributed by atoms with van der Waals surface area (Å²) in [4.78, 5) is 18.6. The summed E-state index contributed by atoms with van der Waals surface area (Å²) in [6, 6.07) is 6.50. The highest BCUT2D eigenvalue weighted by Gasteiger charge is 2.12. The van der Waals surface area contributed by atoms with Crippen molar-refractivity contribution in [3.05, 3.63) is 39.3 Å². The summed E-state index contributed by atoms with van der Waals surface area (Å²) in [5.74, 6) is -0.760. The standard InChI is InChI=1S/C16H19FIN3O/c1-3-21(4-2)8-7-19-16(22)15-10-13(17)12-9-11(18)5-6-14(12)20-15/h5-6,9-10H,3-4,7-8H2,1-2H3,(H,19,22)/i17-1. The lowest BCUT2D eigenvalue weighted by Gasteiger charge is -2.17. The number of benzene rings is 1. The zero-order valence-electron chi connectivity index (χ0n) is 12.7. The van der Waals surface area contributed by atoms with E-state index >= 15 is 0 Å². The Morgan fingerprint density at radius 3 is 2.73 bits per heavy atom. The number of halogens is 2. The van der Waals surface area contributed by atoms with Crippen LogP contribution in [0.15, 0.2) is 24.3 Å². The number of carbonyl (C=O) groups excluding carboxylic acids is 1. The number of amides is 1. The summed E-state index contributed by atoms with van der Waals surface area (Å²) in [5.41, 5.74) is 0.611. The molecule has 2 aromatic rings. The molecule has 1 amide bonds. The van der Waals surface area contributed by atoms with Crippen molar-refractivity contribution >= 4 is 39.4 Å². The topological polar surface area (TPSA) is 45.2 Å². The Hall–Kier alpha value is -1.28. The number of hydrogen-bond acceptors (Lipinski definition) is 3. The second-order valence-electron chi connectivity index (χ2n) is 4.93. The first kappa shape index (κ1) is 17.1. The molecule has 0 aliphatic rings. The largest absolute Gasteiger partial charge is 0.349 e. The van der Waals surface area contributed by atoms with Crippen LogP contribution in [0.2, 0.25) is 0 Å². The average molecular weight is 414 g/mol. The molecule has 1 aromatic carbocycles. The molecule has 118 valence electrons. The van der Waals surface area contributed by atoms with Crippen LogP contribution in [0.5, 0.6) is 0 Å². The quantitative estimate of drug-likeness (QED) is 0.740. The predicted molar refractivity (Wildman–Crippen MR) is 94.5 cm³/mol. The van der Waals surface area contributed by atoms with Crippen molar-refractivity contribution in [1.82, 2.24) is 15.2 Å². The minimum Gasteiger partial charge on any atom is -0.349 e. The molecule has 0 radical (unpaired) electrons. The molecule has 22 heavy (non-hydrogen) atoms. The fourth-order valence-corrected chi connectivity index (χ4v) is 2.72. The zero-order chi connectivity index (χ0) is 16.1. The summed E-state index contributed by atoms with van der Waals surface area (Å²) in [7, 11) is 0. The van der Waals surface area contributed by atoms with Crippen molar-refractivity contribution in [3.63, 3.8) is 0 Å². The van der Waals surface area contributed by atoms with E-state index in [0.717, 1.165) is 23.2 Å². The minimum atomic E-state index is -0.419. The van der Waals surface area contributed by atoms with Gasteiger partial charge in [-0.2, -0.15) is 0 Å². The van der Waals surface area contributed by atoms with Gasteiger partial charge in [0.1, 0.15) is 11.5 Å². The number of carbonyl (C=O) groups is 1. The van der Waals surface area contributed by atoms with Crippen LogP contribution in [0, 0.1) is 9.39 Å². The number of likely N-dealkylation sites (N-methyl/N-ethyl adjacent to an activating group) is 1. The second kappa shape index (κ2) is 7.82. The van der Waals surface area contributed by atoms with Gasteiger partial charge in [0.2, 0.25) is 0 Å². The van der Waals surface area contributed by atoms with Crippen LogP contribution >= 0.6 is 22.6 Å². The van der Waals surface area contributed by atoms with Crippen molar-refractivity contribution in [3.8, 4) is 0 Å². The van der Waals surface area contributed by atoms with Crippen LogP contribution in [0.4, 0.5) is 4.39 Å². The third-order valence-corrected chi connectivity index (χ3v) is 4.23. The van der Waals surface area contributed by atoms with Gasteiger partial charge in [0.25, 0.3) is 5.91 Å². The van der Waals surface area contributed by atoms with Gasteiger partial charge in [0, 0.05) is 28.1 Å². The zero-order valence-corrected chi connectivity index (χ0v) is 14.9. The van der Waals surface area contributed by atoms with Gasteiger partial charge in [0.15, 0.2) is 0 Å². The Morgan fingerprint density at radius 2 is 2.05 bits per heavy atom. The van der Waals surface area contributed by atoms with Gasteiger partial charge in [-0.05, 0) is 53.9 Å². The third kappa shape index (κ3) is 4.13. The summed E-state index contributed by atoms with van der Waals surface area (Å²) in [6.07, 6.45) is 0. The lowest BCUT2D eigenvalue weighted by Crippen LogP contribution is -2.35. The van der Waals surface area contributed by atoms with E-state index in [1.54, 1.807) is 12.1 Å². The Kier molecular flexibility index (Phi) is 6.07. The smallest absolute Gasteiger partial charge is 0.270 e. The maximum absolute atomic E-state index is 14.1. The van der Waals surface area contributed by atoms with Gasteiger partial charge in [0.05, 0.1) is 5.52 Å². The number of aromatic nitrogens is 1. The SMILES string of the molecule is CCN(CC)CCNC(=O)c1cc([18F])c2cc(I)ccc2n1. The van der Waals surface area contributed by atoms with E-state index in [1.165, 1.54) is 6.07 Å². The molecule has 0 spiro atoms. The van der Waals surface area contributed by atoms with Gasteiger partial charge in [-0.1, -0.05) is 13.8 Å². The molecule has 1 heterocycles. The number of nitrogens with zero attached hydrogens (tertiary/aromatic N) is 2. The van der Waals surface area contributed by atoms with E-state index in [1.807, 2.05) is 6.07 Å². The molecule has 0 atom stereocenters. The van der Waals surface area contributed by atoms with Crippen molar-refractivity contribution in [2.45, 2.75) is 13.8 Å². The number of rotatable bonds is 6. The molecule has 1 N–H and O–H groups in total. The molecular formula is C16H19FIN3O. The van der Waals surface area contributed by atoms with Gasteiger partial charge in [-0.15, -0.1) is 0 Å². The highest BCUT2D eigenvalue weighted by atomic mass is 127. The summed E-state index contributed by atoms with van der Waals surface area (Å²) in [5, 5.41) is 3.23.